The van der Waals surface area contributed by atoms with Gasteiger partial charge in [0.05, 0.1) is 4.47 Å². The first-order valence-electron chi connectivity index (χ1n) is 3.42. The molecule has 0 aromatic heterocycles. The molecule has 0 saturated heterocycles. The first kappa shape index (κ1) is 10.4. The molecule has 1 aromatic rings. The molecule has 0 fully saturated rings. The van der Waals surface area contributed by atoms with Gasteiger partial charge in [0.25, 0.3) is 0 Å². The van der Waals surface area contributed by atoms with Crippen molar-refractivity contribution in [2.45, 2.75) is 0 Å². The minimum absolute atomic E-state index is 0.339. The van der Waals surface area contributed by atoms with Crippen LogP contribution in [0.15, 0.2) is 28.7 Å². The van der Waals surface area contributed by atoms with Gasteiger partial charge in [-0.25, -0.2) is 4.39 Å². The van der Waals surface area contributed by atoms with Crippen LogP contribution in [0.1, 0.15) is 5.56 Å². The maximum Gasteiger partial charge on any atom is 0.245 e. The Morgan fingerprint density at radius 2 is 2.23 bits per heavy atom. The van der Waals surface area contributed by atoms with Gasteiger partial charge in [0.15, 0.2) is 0 Å². The van der Waals surface area contributed by atoms with Crippen LogP contribution < -0.4 is 0 Å². The summed E-state index contributed by atoms with van der Waals surface area (Å²) in [5.74, 6) is -0.339. The molecule has 1 aromatic carbocycles. The summed E-state index contributed by atoms with van der Waals surface area (Å²) in [6.07, 6.45) is 2.72. The lowest BCUT2D eigenvalue weighted by atomic mass is 10.2. The highest BCUT2D eigenvalue weighted by Crippen LogP contribution is 2.17. The van der Waals surface area contributed by atoms with Crippen LogP contribution in [-0.2, 0) is 4.79 Å². The maximum absolute atomic E-state index is 12.7. The van der Waals surface area contributed by atoms with Gasteiger partial charge in [0.1, 0.15) is 5.82 Å². The van der Waals surface area contributed by atoms with Crippen molar-refractivity contribution in [3.05, 3.63) is 40.1 Å². The minimum Gasteiger partial charge on any atom is -0.276 e. The lowest BCUT2D eigenvalue weighted by Gasteiger charge is -1.95. The van der Waals surface area contributed by atoms with Gasteiger partial charge in [-0.1, -0.05) is 12.1 Å². The molecule has 0 aliphatic carbocycles. The van der Waals surface area contributed by atoms with Crippen molar-refractivity contribution >= 4 is 38.8 Å². The molecule has 1 nitrogen and oxygen atoms in total. The van der Waals surface area contributed by atoms with Gasteiger partial charge in [-0.05, 0) is 51.3 Å². The third-order valence-corrected chi connectivity index (χ3v) is 2.08. The third-order valence-electron chi connectivity index (χ3n) is 1.35. The molecule has 0 atom stereocenters. The van der Waals surface area contributed by atoms with Crippen LogP contribution in [0.4, 0.5) is 4.39 Å². The van der Waals surface area contributed by atoms with Crippen molar-refractivity contribution in [1.82, 2.24) is 0 Å². The number of rotatable bonds is 2. The number of benzene rings is 1. The zero-order valence-corrected chi connectivity index (χ0v) is 8.77. The molecular formula is C9H5BrClFO. The smallest absolute Gasteiger partial charge is 0.245 e. The Morgan fingerprint density at radius 1 is 1.54 bits per heavy atom. The maximum atomic E-state index is 12.7. The van der Waals surface area contributed by atoms with Gasteiger partial charge in [0, 0.05) is 0 Å². The molecule has 0 aliphatic rings. The molecule has 0 unspecified atom stereocenters. The Bertz CT molecular complexity index is 363. The van der Waals surface area contributed by atoms with Crippen molar-refractivity contribution in [2.24, 2.45) is 0 Å². The zero-order valence-electron chi connectivity index (χ0n) is 6.43. The summed E-state index contributed by atoms with van der Waals surface area (Å²) >= 11 is 8.11. The molecule has 4 heteroatoms. The molecule has 0 saturated carbocycles. The molecule has 0 bridgehead atoms. The molecule has 13 heavy (non-hydrogen) atoms. The summed E-state index contributed by atoms with van der Waals surface area (Å²) in [7, 11) is 0. The van der Waals surface area contributed by atoms with Gasteiger partial charge >= 0.3 is 0 Å². The Labute approximate surface area is 88.3 Å². The Morgan fingerprint density at radius 3 is 2.77 bits per heavy atom. The predicted octanol–water partition coefficient (Wildman–Crippen LogP) is 3.37. The van der Waals surface area contributed by atoms with E-state index in [1.54, 1.807) is 12.1 Å². The second-order valence-corrected chi connectivity index (χ2v) is 3.54. The van der Waals surface area contributed by atoms with Crippen LogP contribution >= 0.6 is 27.5 Å². The highest BCUT2D eigenvalue weighted by Gasteiger charge is 1.97. The van der Waals surface area contributed by atoms with E-state index in [0.717, 1.165) is 0 Å². The van der Waals surface area contributed by atoms with Gasteiger partial charge in [-0.15, -0.1) is 0 Å². The molecule has 0 radical (unpaired) electrons. The largest absolute Gasteiger partial charge is 0.276 e. The summed E-state index contributed by atoms with van der Waals surface area (Å²) in [6, 6.07) is 4.42. The number of hydrogen-bond acceptors (Lipinski definition) is 1. The SMILES string of the molecule is O=C(Cl)/C=C/c1ccc(F)c(Br)c1. The summed E-state index contributed by atoms with van der Waals surface area (Å²) in [6.45, 7) is 0. The van der Waals surface area contributed by atoms with Crippen LogP contribution in [-0.4, -0.2) is 5.24 Å². The van der Waals surface area contributed by atoms with Crippen LogP contribution in [0.3, 0.4) is 0 Å². The van der Waals surface area contributed by atoms with Crippen molar-refractivity contribution in [2.75, 3.05) is 0 Å². The van der Waals surface area contributed by atoms with Gasteiger partial charge in [0.2, 0.25) is 5.24 Å². The highest BCUT2D eigenvalue weighted by molar-refractivity contribution is 9.10. The first-order chi connectivity index (χ1) is 6.09. The second kappa shape index (κ2) is 4.53. The molecule has 1 rings (SSSR count). The molecule has 0 heterocycles. The standard InChI is InChI=1S/C9H5BrClFO/c10-7-5-6(1-3-8(7)12)2-4-9(11)13/h1-5H/b4-2+. The van der Waals surface area contributed by atoms with E-state index in [4.69, 9.17) is 11.6 Å². The molecule has 68 valence electrons. The predicted molar refractivity (Wildman–Crippen MR) is 54.0 cm³/mol. The normalized spacial score (nSPS) is 10.7. The average molecular weight is 263 g/mol. The third kappa shape index (κ3) is 3.28. The van der Waals surface area contributed by atoms with Gasteiger partial charge in [-0.3, -0.25) is 4.79 Å². The van der Waals surface area contributed by atoms with E-state index in [1.165, 1.54) is 18.2 Å². The Balaban J connectivity index is 2.92. The summed E-state index contributed by atoms with van der Waals surface area (Å²) in [5.41, 5.74) is 0.710. The van der Waals surface area contributed by atoms with Crippen LogP contribution in [0, 0.1) is 5.82 Å². The molecule has 0 N–H and O–H groups in total. The summed E-state index contributed by atoms with van der Waals surface area (Å²) in [4.78, 5) is 10.4. The van der Waals surface area contributed by atoms with Crippen molar-refractivity contribution in [3.63, 3.8) is 0 Å². The number of carbonyl (C=O) groups excluding carboxylic acids is 1. The van der Waals surface area contributed by atoms with Crippen LogP contribution in [0.25, 0.3) is 6.08 Å². The Kier molecular flexibility index (Phi) is 3.63. The van der Waals surface area contributed by atoms with E-state index < -0.39 is 5.24 Å². The highest BCUT2D eigenvalue weighted by atomic mass is 79.9. The van der Waals surface area contributed by atoms with E-state index in [1.807, 2.05) is 0 Å². The summed E-state index contributed by atoms with van der Waals surface area (Å²) in [5, 5.41) is -0.555. The van der Waals surface area contributed by atoms with Crippen molar-refractivity contribution in [1.29, 1.82) is 0 Å². The fraction of sp³-hybridized carbons (Fsp3) is 0. The Hall–Kier alpha value is -0.670. The van der Waals surface area contributed by atoms with Gasteiger partial charge < -0.3 is 0 Å². The molecule has 0 spiro atoms. The van der Waals surface area contributed by atoms with E-state index >= 15 is 0 Å². The second-order valence-electron chi connectivity index (χ2n) is 2.31. The van der Waals surface area contributed by atoms with E-state index in [0.29, 0.717) is 10.0 Å². The van der Waals surface area contributed by atoms with E-state index in [-0.39, 0.29) is 5.82 Å². The number of allylic oxidation sites excluding steroid dienone is 1. The average Bonchev–Trinajstić information content (AvgIpc) is 2.07. The minimum atomic E-state index is -0.555. The number of carbonyl (C=O) groups is 1. The quantitative estimate of drug-likeness (QED) is 0.590. The fourth-order valence-corrected chi connectivity index (χ4v) is 1.24. The van der Waals surface area contributed by atoms with Crippen LogP contribution in [0.2, 0.25) is 0 Å². The molecule has 0 amide bonds. The molecular weight excluding hydrogens is 258 g/mol. The van der Waals surface area contributed by atoms with Crippen LogP contribution in [0.5, 0.6) is 0 Å². The zero-order chi connectivity index (χ0) is 9.84. The number of halogens is 3. The molecule has 0 aliphatic heterocycles. The first-order valence-corrected chi connectivity index (χ1v) is 4.59. The van der Waals surface area contributed by atoms with E-state index in [2.05, 4.69) is 15.9 Å². The lowest BCUT2D eigenvalue weighted by molar-refractivity contribution is -0.107. The van der Waals surface area contributed by atoms with Crippen molar-refractivity contribution in [3.8, 4) is 0 Å². The monoisotopic (exact) mass is 262 g/mol. The van der Waals surface area contributed by atoms with Gasteiger partial charge in [-0.2, -0.15) is 0 Å². The lowest BCUT2D eigenvalue weighted by Crippen LogP contribution is -1.80. The number of hydrogen-bond donors (Lipinski definition) is 0. The topological polar surface area (TPSA) is 17.1 Å². The summed E-state index contributed by atoms with van der Waals surface area (Å²) < 4.78 is 13.1. The fourth-order valence-electron chi connectivity index (χ4n) is 0.778. The van der Waals surface area contributed by atoms with Crippen molar-refractivity contribution < 1.29 is 9.18 Å². The van der Waals surface area contributed by atoms with E-state index in [9.17, 15) is 9.18 Å².